The van der Waals surface area contributed by atoms with Crippen LogP contribution in [-0.2, 0) is 4.79 Å². The van der Waals surface area contributed by atoms with E-state index in [1.807, 2.05) is 0 Å². The van der Waals surface area contributed by atoms with E-state index in [1.165, 1.54) is 24.3 Å². The van der Waals surface area contributed by atoms with E-state index in [-0.39, 0.29) is 30.2 Å². The van der Waals surface area contributed by atoms with Gasteiger partial charge in [-0.25, -0.2) is 0 Å². The predicted octanol–water partition coefficient (Wildman–Crippen LogP) is 1.45. The van der Waals surface area contributed by atoms with Gasteiger partial charge in [0.25, 0.3) is 5.78 Å². The van der Waals surface area contributed by atoms with Crippen LogP contribution in [-0.4, -0.2) is 35.3 Å². The third kappa shape index (κ3) is 4.29. The standard InChI is InChI=1S/C12H12F3NO3/c13-12(14,15)11(19)7-9(16-5-6-17)8-3-1-2-4-10(8)18/h1-4,7,16-18H,5-6H2/b9-7-. The first kappa shape index (κ1) is 15.0. The maximum atomic E-state index is 12.2. The molecule has 0 atom stereocenters. The summed E-state index contributed by atoms with van der Waals surface area (Å²) in [7, 11) is 0. The average Bonchev–Trinajstić information content (AvgIpc) is 2.34. The number of phenolic OH excluding ortho intramolecular Hbond substituents is 1. The van der Waals surface area contributed by atoms with E-state index < -0.39 is 12.0 Å². The van der Waals surface area contributed by atoms with Gasteiger partial charge in [0.05, 0.1) is 6.61 Å². The zero-order chi connectivity index (χ0) is 14.5. The molecule has 0 aliphatic heterocycles. The van der Waals surface area contributed by atoms with Crippen molar-refractivity contribution in [1.29, 1.82) is 0 Å². The molecule has 0 unspecified atom stereocenters. The van der Waals surface area contributed by atoms with Gasteiger partial charge in [-0.2, -0.15) is 13.2 Å². The molecule has 19 heavy (non-hydrogen) atoms. The lowest BCUT2D eigenvalue weighted by Crippen LogP contribution is -2.24. The number of hydrogen-bond acceptors (Lipinski definition) is 4. The number of rotatable bonds is 5. The van der Waals surface area contributed by atoms with Crippen molar-refractivity contribution in [1.82, 2.24) is 5.32 Å². The summed E-state index contributed by atoms with van der Waals surface area (Å²) in [6.07, 6.45) is -4.64. The second-order valence-electron chi connectivity index (χ2n) is 3.59. The Kier molecular flexibility index (Phi) is 4.94. The Morgan fingerprint density at radius 3 is 2.47 bits per heavy atom. The van der Waals surface area contributed by atoms with Crippen molar-refractivity contribution in [2.75, 3.05) is 13.2 Å². The highest BCUT2D eigenvalue weighted by Gasteiger charge is 2.37. The van der Waals surface area contributed by atoms with Crippen LogP contribution in [0.5, 0.6) is 5.75 Å². The minimum Gasteiger partial charge on any atom is -0.507 e. The van der Waals surface area contributed by atoms with E-state index in [9.17, 15) is 23.1 Å². The summed E-state index contributed by atoms with van der Waals surface area (Å²) in [6.45, 7) is -0.379. The van der Waals surface area contributed by atoms with E-state index >= 15 is 0 Å². The van der Waals surface area contributed by atoms with Crippen LogP contribution in [0.25, 0.3) is 5.70 Å². The van der Waals surface area contributed by atoms with E-state index in [2.05, 4.69) is 5.32 Å². The first-order chi connectivity index (χ1) is 8.86. The highest BCUT2D eigenvalue weighted by Crippen LogP contribution is 2.25. The number of para-hydroxylation sites is 1. The minimum atomic E-state index is -4.99. The summed E-state index contributed by atoms with van der Waals surface area (Å²) in [5.41, 5.74) is -0.150. The molecule has 0 aromatic heterocycles. The Labute approximate surface area is 107 Å². The van der Waals surface area contributed by atoms with Crippen LogP contribution in [0.1, 0.15) is 5.56 Å². The summed E-state index contributed by atoms with van der Waals surface area (Å²) >= 11 is 0. The fourth-order valence-corrected chi connectivity index (χ4v) is 1.33. The van der Waals surface area contributed by atoms with Gasteiger partial charge in [0.1, 0.15) is 5.75 Å². The molecule has 7 heteroatoms. The third-order valence-corrected chi connectivity index (χ3v) is 2.18. The number of carbonyl (C=O) groups is 1. The second kappa shape index (κ2) is 6.24. The topological polar surface area (TPSA) is 69.6 Å². The highest BCUT2D eigenvalue weighted by molar-refractivity contribution is 6.00. The maximum Gasteiger partial charge on any atom is 0.454 e. The normalized spacial score (nSPS) is 12.3. The Morgan fingerprint density at radius 1 is 1.32 bits per heavy atom. The highest BCUT2D eigenvalue weighted by atomic mass is 19.4. The lowest BCUT2D eigenvalue weighted by atomic mass is 10.1. The van der Waals surface area contributed by atoms with Gasteiger partial charge in [0.15, 0.2) is 0 Å². The lowest BCUT2D eigenvalue weighted by molar-refractivity contribution is -0.165. The zero-order valence-corrected chi connectivity index (χ0v) is 9.74. The molecule has 0 saturated carbocycles. The van der Waals surface area contributed by atoms with Gasteiger partial charge in [-0.05, 0) is 12.1 Å². The number of aliphatic hydroxyl groups excluding tert-OH is 1. The fraction of sp³-hybridized carbons (Fsp3) is 0.250. The molecule has 0 aliphatic carbocycles. The Morgan fingerprint density at radius 2 is 1.95 bits per heavy atom. The summed E-state index contributed by atoms with van der Waals surface area (Å²) < 4.78 is 36.6. The van der Waals surface area contributed by atoms with Gasteiger partial charge in [-0.3, -0.25) is 4.79 Å². The number of carbonyl (C=O) groups excluding carboxylic acids is 1. The smallest absolute Gasteiger partial charge is 0.454 e. The van der Waals surface area contributed by atoms with Crippen LogP contribution >= 0.6 is 0 Å². The summed E-state index contributed by atoms with van der Waals surface area (Å²) in [5, 5.41) is 20.7. The maximum absolute atomic E-state index is 12.2. The van der Waals surface area contributed by atoms with Gasteiger partial charge in [0.2, 0.25) is 0 Å². The molecule has 0 saturated heterocycles. The largest absolute Gasteiger partial charge is 0.507 e. The van der Waals surface area contributed by atoms with Crippen molar-refractivity contribution in [2.24, 2.45) is 0 Å². The number of allylic oxidation sites excluding steroid dienone is 1. The second-order valence-corrected chi connectivity index (χ2v) is 3.59. The average molecular weight is 275 g/mol. The molecular formula is C12H12F3NO3. The van der Waals surface area contributed by atoms with Crippen LogP contribution in [0.2, 0.25) is 0 Å². The summed E-state index contributed by atoms with van der Waals surface area (Å²) in [6, 6.07) is 5.63. The van der Waals surface area contributed by atoms with Crippen molar-refractivity contribution in [3.05, 3.63) is 35.9 Å². The Bertz CT molecular complexity index is 483. The number of phenols is 1. The number of ketones is 1. The Hall–Kier alpha value is -2.02. The molecule has 0 bridgehead atoms. The monoisotopic (exact) mass is 275 g/mol. The minimum absolute atomic E-state index is 0.0496. The van der Waals surface area contributed by atoms with Gasteiger partial charge in [-0.1, -0.05) is 12.1 Å². The van der Waals surface area contributed by atoms with Crippen LogP contribution in [0, 0.1) is 0 Å². The van der Waals surface area contributed by atoms with E-state index in [4.69, 9.17) is 5.11 Å². The van der Waals surface area contributed by atoms with Crippen molar-refractivity contribution >= 4 is 11.5 Å². The number of aliphatic hydroxyl groups is 1. The zero-order valence-electron chi connectivity index (χ0n) is 9.74. The van der Waals surface area contributed by atoms with Gasteiger partial charge >= 0.3 is 6.18 Å². The molecule has 0 spiro atoms. The van der Waals surface area contributed by atoms with E-state index in [0.717, 1.165) is 0 Å². The molecule has 3 N–H and O–H groups in total. The van der Waals surface area contributed by atoms with Crippen molar-refractivity contribution < 1.29 is 28.2 Å². The quantitative estimate of drug-likeness (QED) is 0.711. The van der Waals surface area contributed by atoms with Crippen molar-refractivity contribution in [3.63, 3.8) is 0 Å². The Balaban J connectivity index is 3.12. The number of hydrogen-bond donors (Lipinski definition) is 3. The molecular weight excluding hydrogens is 263 g/mol. The molecule has 1 rings (SSSR count). The van der Waals surface area contributed by atoms with Crippen LogP contribution in [0.3, 0.4) is 0 Å². The molecule has 0 heterocycles. The number of halogens is 3. The lowest BCUT2D eigenvalue weighted by Gasteiger charge is -2.12. The van der Waals surface area contributed by atoms with Gasteiger partial charge < -0.3 is 15.5 Å². The van der Waals surface area contributed by atoms with Crippen LogP contribution < -0.4 is 5.32 Å². The molecule has 1 aromatic carbocycles. The molecule has 0 amide bonds. The number of aromatic hydroxyl groups is 1. The van der Waals surface area contributed by atoms with Gasteiger partial charge in [0, 0.05) is 23.9 Å². The first-order valence-corrected chi connectivity index (χ1v) is 5.32. The molecule has 0 radical (unpaired) electrons. The number of nitrogens with one attached hydrogen (secondary N) is 1. The first-order valence-electron chi connectivity index (χ1n) is 5.32. The molecule has 1 aromatic rings. The van der Waals surface area contributed by atoms with Crippen molar-refractivity contribution in [2.45, 2.75) is 6.18 Å². The number of alkyl halides is 3. The van der Waals surface area contributed by atoms with Crippen molar-refractivity contribution in [3.8, 4) is 5.75 Å². The van der Waals surface area contributed by atoms with Crippen LogP contribution in [0.15, 0.2) is 30.3 Å². The molecule has 104 valence electrons. The number of benzene rings is 1. The van der Waals surface area contributed by atoms with E-state index in [0.29, 0.717) is 6.08 Å². The summed E-state index contributed by atoms with van der Waals surface area (Å²) in [4.78, 5) is 10.9. The fourth-order valence-electron chi connectivity index (χ4n) is 1.33. The molecule has 4 nitrogen and oxygen atoms in total. The van der Waals surface area contributed by atoms with E-state index in [1.54, 1.807) is 0 Å². The van der Waals surface area contributed by atoms with Crippen LogP contribution in [0.4, 0.5) is 13.2 Å². The molecule has 0 fully saturated rings. The third-order valence-electron chi connectivity index (χ3n) is 2.18. The predicted molar refractivity (Wildman–Crippen MR) is 62.2 cm³/mol. The molecule has 0 aliphatic rings. The SMILES string of the molecule is O=C(/C=C(\NCCO)c1ccccc1O)C(F)(F)F. The van der Waals surface area contributed by atoms with Gasteiger partial charge in [-0.15, -0.1) is 0 Å². The summed E-state index contributed by atoms with van der Waals surface area (Å²) in [5.74, 6) is -2.31.